The van der Waals surface area contributed by atoms with E-state index < -0.39 is 10.7 Å². The Bertz CT molecular complexity index is 408. The number of rotatable bonds is 3. The molecule has 1 aliphatic heterocycles. The molecule has 0 radical (unpaired) electrons. The number of nitrogens with zero attached hydrogens (tertiary/aromatic N) is 1. The van der Waals surface area contributed by atoms with E-state index in [0.29, 0.717) is 19.5 Å². The summed E-state index contributed by atoms with van der Waals surface area (Å²) in [5, 5.41) is 15.5. The van der Waals surface area contributed by atoms with Crippen molar-refractivity contribution in [3.05, 3.63) is 41.1 Å². The van der Waals surface area contributed by atoms with Crippen LogP contribution in [0.25, 0.3) is 0 Å². The van der Waals surface area contributed by atoms with E-state index in [1.165, 1.54) is 0 Å². The van der Waals surface area contributed by atoms with Crippen molar-refractivity contribution in [3.8, 4) is 0 Å². The summed E-state index contributed by atoms with van der Waals surface area (Å²) >= 11 is 0. The second kappa shape index (κ2) is 5.50. The van der Waals surface area contributed by atoms with Gasteiger partial charge in [0.15, 0.2) is 6.04 Å². The van der Waals surface area contributed by atoms with Crippen LogP contribution < -0.4 is 5.32 Å². The maximum Gasteiger partial charge on any atom is 0.278 e. The van der Waals surface area contributed by atoms with E-state index in [4.69, 9.17) is 0 Å². The van der Waals surface area contributed by atoms with Crippen LogP contribution in [0, 0.1) is 5.21 Å². The smallest absolute Gasteiger partial charge is 0.278 e. The highest BCUT2D eigenvalue weighted by molar-refractivity contribution is 5.80. The molecule has 0 unspecified atom stereocenters. The molecule has 0 saturated carbocycles. The third kappa shape index (κ3) is 2.71. The Morgan fingerprint density at radius 1 is 1.39 bits per heavy atom. The van der Waals surface area contributed by atoms with Gasteiger partial charge in [0.25, 0.3) is 5.91 Å². The van der Waals surface area contributed by atoms with Gasteiger partial charge >= 0.3 is 0 Å². The van der Waals surface area contributed by atoms with Gasteiger partial charge in [0.2, 0.25) is 0 Å². The first-order valence-corrected chi connectivity index (χ1v) is 6.49. The van der Waals surface area contributed by atoms with Gasteiger partial charge in [-0.25, -0.2) is 0 Å². The highest BCUT2D eigenvalue weighted by Gasteiger charge is 2.37. The molecule has 2 rings (SSSR count). The number of carbonyl (C=O) groups is 1. The average molecular weight is 248 g/mol. The molecule has 18 heavy (non-hydrogen) atoms. The molecule has 0 spiro atoms. The molecule has 4 nitrogen and oxygen atoms in total. The average Bonchev–Trinajstić information content (AvgIpc) is 2.39. The van der Waals surface area contributed by atoms with Crippen LogP contribution in [-0.4, -0.2) is 30.2 Å². The molecular formula is C14H20N2O2. The van der Waals surface area contributed by atoms with Crippen LogP contribution in [0.3, 0.4) is 0 Å². The van der Waals surface area contributed by atoms with Crippen molar-refractivity contribution >= 4 is 5.91 Å². The van der Waals surface area contributed by atoms with E-state index in [9.17, 15) is 10.0 Å². The lowest BCUT2D eigenvalue weighted by molar-refractivity contribution is -0.914. The molecule has 0 aromatic heterocycles. The summed E-state index contributed by atoms with van der Waals surface area (Å²) < 4.78 is -0.413. The zero-order valence-electron chi connectivity index (χ0n) is 10.8. The van der Waals surface area contributed by atoms with E-state index in [0.717, 1.165) is 18.4 Å². The number of hydrogen-bond acceptors (Lipinski definition) is 2. The van der Waals surface area contributed by atoms with Crippen LogP contribution in [-0.2, 0) is 11.3 Å². The number of likely N-dealkylation sites (N-methyl/N-ethyl adjacent to an activating group) is 1. The van der Waals surface area contributed by atoms with Crippen molar-refractivity contribution in [2.45, 2.75) is 31.8 Å². The lowest BCUT2D eigenvalue weighted by Crippen LogP contribution is -2.58. The molecule has 1 N–H and O–H groups in total. The summed E-state index contributed by atoms with van der Waals surface area (Å²) in [4.78, 5) is 11.8. The Morgan fingerprint density at radius 3 is 2.78 bits per heavy atom. The molecule has 1 aromatic rings. The minimum atomic E-state index is -0.455. The number of carbonyl (C=O) groups excluding carboxylic acids is 1. The monoisotopic (exact) mass is 248 g/mol. The second-order valence-electron chi connectivity index (χ2n) is 4.95. The summed E-state index contributed by atoms with van der Waals surface area (Å²) in [6.07, 6.45) is 2.56. The lowest BCUT2D eigenvalue weighted by atomic mass is 9.99. The maximum atomic E-state index is 12.9. The Balaban J connectivity index is 2.17. The largest absolute Gasteiger partial charge is 0.632 e. The number of nitrogens with one attached hydrogen (secondary N) is 1. The first-order chi connectivity index (χ1) is 8.65. The van der Waals surface area contributed by atoms with Crippen LogP contribution in [0.2, 0.25) is 0 Å². The highest BCUT2D eigenvalue weighted by Crippen LogP contribution is 2.27. The number of piperidine rings is 1. The zero-order valence-corrected chi connectivity index (χ0v) is 10.8. The summed E-state index contributed by atoms with van der Waals surface area (Å²) in [5.41, 5.74) is 1.00. The molecule has 4 heteroatoms. The van der Waals surface area contributed by atoms with E-state index >= 15 is 0 Å². The first kappa shape index (κ1) is 13.1. The van der Waals surface area contributed by atoms with Gasteiger partial charge in [-0.2, -0.15) is 0 Å². The molecule has 98 valence electrons. The molecular weight excluding hydrogens is 228 g/mol. The normalized spacial score (nSPS) is 27.8. The molecule has 1 amide bonds. The van der Waals surface area contributed by atoms with Crippen molar-refractivity contribution in [2.24, 2.45) is 0 Å². The predicted molar refractivity (Wildman–Crippen MR) is 70.3 cm³/mol. The van der Waals surface area contributed by atoms with Gasteiger partial charge in [0.1, 0.15) is 6.54 Å². The van der Waals surface area contributed by atoms with Crippen molar-refractivity contribution in [1.29, 1.82) is 0 Å². The summed E-state index contributed by atoms with van der Waals surface area (Å²) in [6, 6.07) is 9.25. The zero-order chi connectivity index (χ0) is 13.0. The SMILES string of the molecule is CNC(=O)[C@@H]1CCCC[N@@+]1([O-])Cc1ccccc1. The van der Waals surface area contributed by atoms with Crippen molar-refractivity contribution in [1.82, 2.24) is 5.32 Å². The third-order valence-corrected chi connectivity index (χ3v) is 3.67. The number of likely N-dealkylation sites (tertiary alicyclic amines) is 1. The lowest BCUT2D eigenvalue weighted by Gasteiger charge is -2.50. The number of hydroxylamine groups is 3. The molecule has 2 atom stereocenters. The van der Waals surface area contributed by atoms with Crippen molar-refractivity contribution in [2.75, 3.05) is 13.6 Å². The van der Waals surface area contributed by atoms with Crippen LogP contribution in [0.15, 0.2) is 30.3 Å². The van der Waals surface area contributed by atoms with E-state index in [-0.39, 0.29) is 5.91 Å². The minimum Gasteiger partial charge on any atom is -0.632 e. The Labute approximate surface area is 108 Å². The van der Waals surface area contributed by atoms with Gasteiger partial charge in [-0.05, 0) is 12.8 Å². The van der Waals surface area contributed by atoms with Gasteiger partial charge in [-0.1, -0.05) is 30.3 Å². The van der Waals surface area contributed by atoms with Crippen LogP contribution in [0.4, 0.5) is 0 Å². The fourth-order valence-electron chi connectivity index (χ4n) is 2.70. The molecule has 1 saturated heterocycles. The molecule has 1 aromatic carbocycles. The van der Waals surface area contributed by atoms with E-state index in [1.54, 1.807) is 7.05 Å². The van der Waals surface area contributed by atoms with Gasteiger partial charge < -0.3 is 15.2 Å². The second-order valence-corrected chi connectivity index (χ2v) is 4.95. The standard InChI is InChI=1S/C14H20N2O2/c1-15-14(17)13-9-5-6-10-16(13,18)11-12-7-3-2-4-8-12/h2-4,7-8,13H,5-6,9-11H2,1H3,(H,15,17)/t13-,16+/m0/s1. The fraction of sp³-hybridized carbons (Fsp3) is 0.500. The van der Waals surface area contributed by atoms with E-state index in [2.05, 4.69) is 5.32 Å². The number of quaternary nitrogens is 1. The van der Waals surface area contributed by atoms with Gasteiger partial charge in [-0.15, -0.1) is 0 Å². The van der Waals surface area contributed by atoms with Crippen molar-refractivity contribution in [3.63, 3.8) is 0 Å². The Hall–Kier alpha value is -1.39. The molecule has 1 fully saturated rings. The van der Waals surface area contributed by atoms with Gasteiger partial charge in [0, 0.05) is 19.0 Å². The quantitative estimate of drug-likeness (QED) is 0.655. The summed E-state index contributed by atoms with van der Waals surface area (Å²) in [6.45, 7) is 0.923. The Kier molecular flexibility index (Phi) is 3.99. The number of benzene rings is 1. The third-order valence-electron chi connectivity index (χ3n) is 3.67. The highest BCUT2D eigenvalue weighted by atomic mass is 16.5. The molecule has 1 heterocycles. The van der Waals surface area contributed by atoms with Crippen molar-refractivity contribution < 1.29 is 9.44 Å². The molecule has 0 aliphatic carbocycles. The summed E-state index contributed by atoms with van der Waals surface area (Å²) in [5.74, 6) is -0.124. The fourth-order valence-corrected chi connectivity index (χ4v) is 2.70. The first-order valence-electron chi connectivity index (χ1n) is 6.49. The number of amides is 1. The van der Waals surface area contributed by atoms with Crippen LogP contribution in [0.5, 0.6) is 0 Å². The Morgan fingerprint density at radius 2 is 2.11 bits per heavy atom. The summed E-state index contributed by atoms with van der Waals surface area (Å²) in [7, 11) is 1.60. The van der Waals surface area contributed by atoms with Gasteiger partial charge in [0.05, 0.1) is 6.54 Å². The topological polar surface area (TPSA) is 52.2 Å². The van der Waals surface area contributed by atoms with Gasteiger partial charge in [-0.3, -0.25) is 4.79 Å². The molecule has 1 aliphatic rings. The van der Waals surface area contributed by atoms with Crippen LogP contribution in [0.1, 0.15) is 24.8 Å². The molecule has 0 bridgehead atoms. The number of hydrogen-bond donors (Lipinski definition) is 1. The minimum absolute atomic E-state index is 0.124. The van der Waals surface area contributed by atoms with E-state index in [1.807, 2.05) is 30.3 Å². The maximum absolute atomic E-state index is 12.9. The predicted octanol–water partition coefficient (Wildman–Crippen LogP) is 1.80. The van der Waals surface area contributed by atoms with Crippen LogP contribution >= 0.6 is 0 Å².